The van der Waals surface area contributed by atoms with Gasteiger partial charge in [-0.2, -0.15) is 0 Å². The molecule has 1 saturated heterocycles. The van der Waals surface area contributed by atoms with Gasteiger partial charge >= 0.3 is 155 Å². The number of hydrogen-bond acceptors (Lipinski definition) is 2. The van der Waals surface area contributed by atoms with Crippen LogP contribution in [-0.2, 0) is 4.52 Å². The molecule has 0 unspecified atom stereocenters. The van der Waals surface area contributed by atoms with Gasteiger partial charge in [-0.1, -0.05) is 0 Å². The van der Waals surface area contributed by atoms with Crippen LogP contribution >= 0.6 is 6.98 Å². The molecular weight excluding hydrogens is 341 g/mol. The predicted octanol–water partition coefficient (Wildman–Crippen LogP) is 4.13. The van der Waals surface area contributed by atoms with Gasteiger partial charge in [0, 0.05) is 0 Å². The molecule has 5 rings (SSSR count). The summed E-state index contributed by atoms with van der Waals surface area (Å²) in [5.41, 5.74) is 0.792. The van der Waals surface area contributed by atoms with E-state index in [9.17, 15) is 4.79 Å². The van der Waals surface area contributed by atoms with Crippen molar-refractivity contribution in [1.82, 2.24) is 5.09 Å². The monoisotopic (exact) mass is 367 g/mol. The van der Waals surface area contributed by atoms with Crippen LogP contribution in [0.3, 0.4) is 0 Å². The Morgan fingerprint density at radius 3 is 2.46 bits per heavy atom. The van der Waals surface area contributed by atoms with E-state index in [4.69, 9.17) is 4.52 Å². The van der Waals surface area contributed by atoms with Gasteiger partial charge in [-0.05, 0) is 0 Å². The number of carbonyl (C=O) groups excluding carboxylic acids is 1. The van der Waals surface area contributed by atoms with Crippen molar-refractivity contribution in [1.29, 1.82) is 0 Å². The predicted molar refractivity (Wildman–Crippen MR) is 107 cm³/mol. The molecule has 0 radical (unpaired) electrons. The van der Waals surface area contributed by atoms with E-state index in [2.05, 4.69) is 55.3 Å². The average molecular weight is 367 g/mol. The van der Waals surface area contributed by atoms with Crippen LogP contribution in [0, 0.1) is 5.92 Å². The molecule has 136 valence electrons. The molecule has 1 amide bonds. The minimum atomic E-state index is -3.35. The number of benzene rings is 2. The Kier molecular flexibility index (Phi) is 3.28. The van der Waals surface area contributed by atoms with Gasteiger partial charge < -0.3 is 0 Å². The molecule has 1 saturated carbocycles. The summed E-state index contributed by atoms with van der Waals surface area (Å²) in [5.74, 6) is 0.495. The Bertz CT molecular complexity index is 896. The number of amides is 1. The third-order valence-electron chi connectivity index (χ3n) is 7.23. The topological polar surface area (TPSA) is 38.3 Å². The molecule has 2 aromatic rings. The van der Waals surface area contributed by atoms with E-state index in [0.29, 0.717) is 5.92 Å². The van der Waals surface area contributed by atoms with Gasteiger partial charge in [0.15, 0.2) is 0 Å². The van der Waals surface area contributed by atoms with Gasteiger partial charge in [-0.15, -0.1) is 0 Å². The molecule has 3 aliphatic rings. The summed E-state index contributed by atoms with van der Waals surface area (Å²) < 4.78 is 7.20. The van der Waals surface area contributed by atoms with Gasteiger partial charge in [-0.3, -0.25) is 0 Å². The molecule has 2 heterocycles. The second kappa shape index (κ2) is 5.18. The molecule has 4 heteroatoms. The van der Waals surface area contributed by atoms with E-state index in [1.807, 2.05) is 18.2 Å². The molecule has 2 aromatic carbocycles. The average Bonchev–Trinajstić information content (AvgIpc) is 3.05. The summed E-state index contributed by atoms with van der Waals surface area (Å²) in [5, 5.41) is 5.67. The van der Waals surface area contributed by atoms with Gasteiger partial charge in [0.25, 0.3) is 0 Å². The van der Waals surface area contributed by atoms with Crippen LogP contribution in [0.2, 0.25) is 0 Å². The maximum absolute atomic E-state index is 13.1. The molecule has 1 N–H and O–H groups in total. The first-order valence-corrected chi connectivity index (χ1v) is 11.8. The summed E-state index contributed by atoms with van der Waals surface area (Å²) in [6.07, 6.45) is 4.97. The normalized spacial score (nSPS) is 31.5. The molecule has 26 heavy (non-hydrogen) atoms. The first-order chi connectivity index (χ1) is 12.5. The Labute approximate surface area is 155 Å². The third kappa shape index (κ3) is 1.65. The molecule has 1 spiro atoms. The van der Waals surface area contributed by atoms with Gasteiger partial charge in [0.05, 0.1) is 0 Å². The van der Waals surface area contributed by atoms with Crippen molar-refractivity contribution < 1.29 is 9.32 Å². The van der Waals surface area contributed by atoms with Crippen molar-refractivity contribution in [2.24, 2.45) is 5.92 Å². The molecule has 2 fully saturated rings. The van der Waals surface area contributed by atoms with Gasteiger partial charge in [-0.25, -0.2) is 0 Å². The van der Waals surface area contributed by atoms with Crippen molar-refractivity contribution in [3.63, 3.8) is 0 Å². The van der Waals surface area contributed by atoms with Gasteiger partial charge in [0.1, 0.15) is 0 Å². The fraction of sp³-hybridized carbons (Fsp3) is 0.409. The zero-order chi connectivity index (χ0) is 18.0. The van der Waals surface area contributed by atoms with Crippen LogP contribution in [-0.4, -0.2) is 17.2 Å². The van der Waals surface area contributed by atoms with Crippen molar-refractivity contribution in [3.8, 4) is 0 Å². The fourth-order valence-electron chi connectivity index (χ4n) is 5.95. The number of nitrogens with one attached hydrogen (secondary N) is 1. The Morgan fingerprint density at radius 2 is 1.69 bits per heavy atom. The third-order valence-corrected chi connectivity index (χ3v) is 13.7. The summed E-state index contributed by atoms with van der Waals surface area (Å²) in [6, 6.07) is 18.6. The first-order valence-electron chi connectivity index (χ1n) is 9.69. The van der Waals surface area contributed by atoms with E-state index < -0.39 is 6.98 Å². The van der Waals surface area contributed by atoms with Crippen molar-refractivity contribution in [3.05, 3.63) is 60.2 Å². The number of fused-ring (bicyclic) bond motifs is 3. The van der Waals surface area contributed by atoms with Crippen LogP contribution in [0.4, 0.5) is 0 Å². The van der Waals surface area contributed by atoms with Crippen LogP contribution in [0.25, 0.3) is 0 Å². The second-order valence-corrected chi connectivity index (χ2v) is 13.2. The van der Waals surface area contributed by atoms with Crippen molar-refractivity contribution in [2.45, 2.75) is 50.8 Å². The van der Waals surface area contributed by atoms with Crippen molar-refractivity contribution >= 4 is 23.5 Å². The minimum absolute atomic E-state index is 0.0221. The maximum atomic E-state index is 13.1. The summed E-state index contributed by atoms with van der Waals surface area (Å²) >= 11 is 0. The SMILES string of the molecule is CC1(C)[C@H]2CCCC[C@@H]2OP12(c1ccccc1)NC(=O)c1ccccc12. The van der Waals surface area contributed by atoms with E-state index in [1.165, 1.54) is 19.3 Å². The molecule has 2 atom stereocenters. The Morgan fingerprint density at radius 1 is 1.00 bits per heavy atom. The molecule has 2 aliphatic heterocycles. The van der Waals surface area contributed by atoms with E-state index in [1.54, 1.807) is 0 Å². The number of carbonyl (C=O) groups is 1. The second-order valence-electron chi connectivity index (χ2n) is 8.52. The van der Waals surface area contributed by atoms with Crippen LogP contribution in [0.5, 0.6) is 0 Å². The quantitative estimate of drug-likeness (QED) is 0.770. The van der Waals surface area contributed by atoms with Crippen molar-refractivity contribution in [2.75, 3.05) is 0 Å². The van der Waals surface area contributed by atoms with E-state index in [0.717, 1.165) is 22.6 Å². The summed E-state index contributed by atoms with van der Waals surface area (Å²) in [7, 11) is 0. The number of hydrogen-bond donors (Lipinski definition) is 1. The summed E-state index contributed by atoms with van der Waals surface area (Å²) in [6.45, 7) is 1.34. The van der Waals surface area contributed by atoms with E-state index >= 15 is 0 Å². The zero-order valence-electron chi connectivity index (χ0n) is 15.4. The zero-order valence-corrected chi connectivity index (χ0v) is 16.3. The Balaban J connectivity index is 1.90. The molecule has 3 nitrogen and oxygen atoms in total. The number of rotatable bonds is 1. The summed E-state index contributed by atoms with van der Waals surface area (Å²) in [4.78, 5) is 13.1. The Hall–Kier alpha value is -1.70. The molecular formula is C22H26NO2P. The fourth-order valence-corrected chi connectivity index (χ4v) is 12.6. The molecule has 1 aliphatic carbocycles. The van der Waals surface area contributed by atoms with E-state index in [-0.39, 0.29) is 17.2 Å². The molecule has 0 bridgehead atoms. The van der Waals surface area contributed by atoms with Crippen LogP contribution in [0.1, 0.15) is 49.9 Å². The van der Waals surface area contributed by atoms with Crippen LogP contribution < -0.4 is 15.7 Å². The van der Waals surface area contributed by atoms with Gasteiger partial charge in [0.2, 0.25) is 0 Å². The van der Waals surface area contributed by atoms with Crippen LogP contribution in [0.15, 0.2) is 54.6 Å². The standard InChI is InChI=1S/C22H26NO2P/c1-22(2)18-13-7-8-14-19(18)25-26(22,16-10-4-3-5-11-16)20-15-9-6-12-17(20)21(24)23-26/h3-6,9-12,15,18-19H,7-8,13-14H2,1-2H3,(H,23,24)/t18-,19-/m0/s1. The molecule has 0 aromatic heterocycles. The first kappa shape index (κ1) is 16.5.